The number of H-pyrrole nitrogens is 1. The largest absolute Gasteiger partial charge is 0.373 e. The minimum atomic E-state index is 0.563. The smallest absolute Gasteiger partial charge is 0.229 e. The molecule has 3 aromatic rings. The van der Waals surface area contributed by atoms with Crippen LogP contribution in [0.3, 0.4) is 0 Å². The Bertz CT molecular complexity index is 761. The first-order chi connectivity index (χ1) is 9.67. The molecule has 2 heterocycles. The van der Waals surface area contributed by atoms with Crippen molar-refractivity contribution in [1.82, 2.24) is 20.2 Å². The lowest BCUT2D eigenvalue weighted by molar-refractivity contribution is 1.12. The van der Waals surface area contributed by atoms with E-state index in [1.807, 2.05) is 20.9 Å². The highest BCUT2D eigenvalue weighted by molar-refractivity contribution is 5.93. The minimum absolute atomic E-state index is 0.563. The van der Waals surface area contributed by atoms with Crippen molar-refractivity contribution in [2.75, 3.05) is 17.7 Å². The fourth-order valence-corrected chi connectivity index (χ4v) is 2.17. The van der Waals surface area contributed by atoms with Gasteiger partial charge >= 0.3 is 0 Å². The number of hydrogen-bond donors (Lipinski definition) is 3. The molecule has 6 heteroatoms. The average molecular weight is 268 g/mol. The molecule has 0 fully saturated rings. The van der Waals surface area contributed by atoms with Crippen molar-refractivity contribution in [2.24, 2.45) is 0 Å². The second-order valence-corrected chi connectivity index (χ2v) is 4.74. The highest BCUT2D eigenvalue weighted by Gasteiger charge is 2.07. The zero-order chi connectivity index (χ0) is 14.1. The summed E-state index contributed by atoms with van der Waals surface area (Å²) >= 11 is 0. The number of aromatic nitrogens is 4. The molecule has 102 valence electrons. The predicted octanol–water partition coefficient (Wildman–Crippen LogP) is 2.76. The molecule has 0 spiro atoms. The van der Waals surface area contributed by atoms with Crippen LogP contribution in [0.1, 0.15) is 11.1 Å². The highest BCUT2D eigenvalue weighted by Crippen LogP contribution is 2.26. The molecular weight excluding hydrogens is 252 g/mol. The van der Waals surface area contributed by atoms with E-state index >= 15 is 0 Å². The maximum absolute atomic E-state index is 4.44. The quantitative estimate of drug-likeness (QED) is 0.680. The van der Waals surface area contributed by atoms with Gasteiger partial charge in [0.2, 0.25) is 5.95 Å². The second kappa shape index (κ2) is 4.80. The van der Waals surface area contributed by atoms with Gasteiger partial charge in [-0.15, -0.1) is 0 Å². The number of nitrogens with zero attached hydrogens (tertiary/aromatic N) is 3. The van der Waals surface area contributed by atoms with E-state index in [4.69, 9.17) is 0 Å². The van der Waals surface area contributed by atoms with Crippen LogP contribution in [0.2, 0.25) is 0 Å². The molecule has 20 heavy (non-hydrogen) atoms. The van der Waals surface area contributed by atoms with Crippen LogP contribution in [-0.2, 0) is 0 Å². The lowest BCUT2D eigenvalue weighted by Crippen LogP contribution is -2.02. The van der Waals surface area contributed by atoms with Gasteiger partial charge in [0.25, 0.3) is 0 Å². The molecule has 6 nitrogen and oxygen atoms in total. The number of nitrogens with one attached hydrogen (secondary N) is 3. The molecule has 0 bridgehead atoms. The SMILES string of the molecule is CNc1nc(Nc2cc(C)cc3[nH]ncc23)ncc1C. The van der Waals surface area contributed by atoms with E-state index < -0.39 is 0 Å². The van der Waals surface area contributed by atoms with Crippen LogP contribution < -0.4 is 10.6 Å². The Labute approximate surface area is 116 Å². The number of hydrogen-bond acceptors (Lipinski definition) is 5. The summed E-state index contributed by atoms with van der Waals surface area (Å²) in [7, 11) is 1.85. The maximum atomic E-state index is 4.44. The van der Waals surface area contributed by atoms with Gasteiger partial charge < -0.3 is 10.6 Å². The lowest BCUT2D eigenvalue weighted by Gasteiger charge is -2.09. The number of rotatable bonds is 3. The Kier molecular flexibility index (Phi) is 2.98. The summed E-state index contributed by atoms with van der Waals surface area (Å²) in [4.78, 5) is 8.75. The molecule has 0 aliphatic carbocycles. The van der Waals surface area contributed by atoms with E-state index in [1.54, 1.807) is 12.4 Å². The van der Waals surface area contributed by atoms with Gasteiger partial charge in [0.05, 0.1) is 17.4 Å². The first kappa shape index (κ1) is 12.4. The van der Waals surface area contributed by atoms with Gasteiger partial charge in [0.15, 0.2) is 0 Å². The third-order valence-corrected chi connectivity index (χ3v) is 3.16. The third-order valence-electron chi connectivity index (χ3n) is 3.16. The lowest BCUT2D eigenvalue weighted by atomic mass is 10.1. The van der Waals surface area contributed by atoms with Gasteiger partial charge in [-0.3, -0.25) is 5.10 Å². The molecule has 0 saturated heterocycles. The fourth-order valence-electron chi connectivity index (χ4n) is 2.17. The zero-order valence-corrected chi connectivity index (χ0v) is 11.7. The monoisotopic (exact) mass is 268 g/mol. The molecule has 1 aromatic carbocycles. The fraction of sp³-hybridized carbons (Fsp3) is 0.214. The number of aromatic amines is 1. The molecule has 0 saturated carbocycles. The van der Waals surface area contributed by atoms with Gasteiger partial charge in [-0.1, -0.05) is 0 Å². The van der Waals surface area contributed by atoms with Gasteiger partial charge in [-0.2, -0.15) is 10.1 Å². The van der Waals surface area contributed by atoms with Crippen molar-refractivity contribution in [3.05, 3.63) is 35.7 Å². The molecule has 0 amide bonds. The van der Waals surface area contributed by atoms with Crippen LogP contribution in [0.4, 0.5) is 17.5 Å². The Morgan fingerprint density at radius 3 is 2.80 bits per heavy atom. The highest BCUT2D eigenvalue weighted by atomic mass is 15.1. The van der Waals surface area contributed by atoms with Gasteiger partial charge in [-0.05, 0) is 31.5 Å². The number of benzene rings is 1. The van der Waals surface area contributed by atoms with E-state index in [9.17, 15) is 0 Å². The second-order valence-electron chi connectivity index (χ2n) is 4.74. The molecule has 0 atom stereocenters. The summed E-state index contributed by atoms with van der Waals surface area (Å²) in [5.74, 6) is 1.38. The van der Waals surface area contributed by atoms with Crippen molar-refractivity contribution < 1.29 is 0 Å². The van der Waals surface area contributed by atoms with E-state index in [1.165, 1.54) is 0 Å². The zero-order valence-electron chi connectivity index (χ0n) is 11.7. The van der Waals surface area contributed by atoms with Crippen LogP contribution in [0.5, 0.6) is 0 Å². The summed E-state index contributed by atoms with van der Waals surface area (Å²) in [5, 5.41) is 14.4. The summed E-state index contributed by atoms with van der Waals surface area (Å²) < 4.78 is 0. The molecule has 0 unspecified atom stereocenters. The summed E-state index contributed by atoms with van der Waals surface area (Å²) in [6.07, 6.45) is 3.59. The van der Waals surface area contributed by atoms with Crippen molar-refractivity contribution in [3.8, 4) is 0 Å². The standard InChI is InChI=1S/C14H16N6/c1-8-4-11(10-7-17-20-12(10)5-8)18-14-16-6-9(2)13(15-3)19-14/h4-7H,1-3H3,(H,17,20)(H2,15,16,18,19). The van der Waals surface area contributed by atoms with Gasteiger partial charge in [-0.25, -0.2) is 4.98 Å². The minimum Gasteiger partial charge on any atom is -0.373 e. The van der Waals surface area contributed by atoms with E-state index in [-0.39, 0.29) is 0 Å². The Balaban J connectivity index is 2.02. The molecule has 2 aromatic heterocycles. The van der Waals surface area contributed by atoms with Crippen molar-refractivity contribution in [1.29, 1.82) is 0 Å². The molecule has 3 rings (SSSR count). The Morgan fingerprint density at radius 2 is 2.00 bits per heavy atom. The van der Waals surface area contributed by atoms with E-state index in [2.05, 4.69) is 42.9 Å². The molecular formula is C14H16N6. The van der Waals surface area contributed by atoms with Crippen LogP contribution in [0.15, 0.2) is 24.5 Å². The van der Waals surface area contributed by atoms with Crippen molar-refractivity contribution in [3.63, 3.8) is 0 Å². The first-order valence-corrected chi connectivity index (χ1v) is 6.39. The Morgan fingerprint density at radius 1 is 1.15 bits per heavy atom. The first-order valence-electron chi connectivity index (χ1n) is 6.39. The molecule has 0 aliphatic rings. The van der Waals surface area contributed by atoms with Gasteiger partial charge in [0.1, 0.15) is 5.82 Å². The Hall–Kier alpha value is -2.63. The van der Waals surface area contributed by atoms with E-state index in [0.29, 0.717) is 5.95 Å². The summed E-state index contributed by atoms with van der Waals surface area (Å²) in [6.45, 7) is 4.01. The van der Waals surface area contributed by atoms with Crippen LogP contribution in [0, 0.1) is 13.8 Å². The predicted molar refractivity (Wildman–Crippen MR) is 80.4 cm³/mol. The third kappa shape index (κ3) is 2.16. The van der Waals surface area contributed by atoms with Crippen molar-refractivity contribution >= 4 is 28.4 Å². The van der Waals surface area contributed by atoms with Crippen molar-refractivity contribution in [2.45, 2.75) is 13.8 Å². The summed E-state index contributed by atoms with van der Waals surface area (Å²) in [6, 6.07) is 4.11. The maximum Gasteiger partial charge on any atom is 0.229 e. The van der Waals surface area contributed by atoms with Crippen LogP contribution in [0.25, 0.3) is 10.9 Å². The number of anilines is 3. The average Bonchev–Trinajstić information content (AvgIpc) is 2.89. The van der Waals surface area contributed by atoms with Crippen LogP contribution >= 0.6 is 0 Å². The normalized spacial score (nSPS) is 10.8. The molecule has 0 radical (unpaired) electrons. The molecule has 0 aliphatic heterocycles. The topological polar surface area (TPSA) is 78.5 Å². The van der Waals surface area contributed by atoms with Gasteiger partial charge in [0, 0.05) is 24.2 Å². The van der Waals surface area contributed by atoms with E-state index in [0.717, 1.165) is 33.5 Å². The number of aryl methyl sites for hydroxylation is 2. The van der Waals surface area contributed by atoms with Crippen LogP contribution in [-0.4, -0.2) is 27.2 Å². The molecule has 3 N–H and O–H groups in total. The summed E-state index contributed by atoms with van der Waals surface area (Å²) in [5.41, 5.74) is 4.09. The number of fused-ring (bicyclic) bond motifs is 1.